The van der Waals surface area contributed by atoms with E-state index in [-0.39, 0.29) is 5.91 Å². The van der Waals surface area contributed by atoms with E-state index < -0.39 is 0 Å². The average Bonchev–Trinajstić information content (AvgIpc) is 2.85. The van der Waals surface area contributed by atoms with E-state index in [4.69, 9.17) is 0 Å². The summed E-state index contributed by atoms with van der Waals surface area (Å²) < 4.78 is 0. The lowest BCUT2D eigenvalue weighted by Crippen LogP contribution is -2.23. The van der Waals surface area contributed by atoms with E-state index in [1.165, 1.54) is 20.9 Å². The number of rotatable bonds is 6. The Morgan fingerprint density at radius 2 is 2.00 bits per heavy atom. The molecule has 1 aromatic heterocycles. The van der Waals surface area contributed by atoms with Gasteiger partial charge in [-0.05, 0) is 63.1 Å². The maximum absolute atomic E-state index is 12.0. The number of amides is 1. The molecule has 1 amide bonds. The average molecular weight is 330 g/mol. The molecule has 1 heterocycles. The molecule has 0 radical (unpaired) electrons. The lowest BCUT2D eigenvalue weighted by Gasteiger charge is -2.14. The molecule has 2 aromatic rings. The molecule has 0 spiro atoms. The number of hydrogen-bond acceptors (Lipinski definition) is 3. The van der Waals surface area contributed by atoms with Gasteiger partial charge in [-0.15, -0.1) is 11.3 Å². The van der Waals surface area contributed by atoms with Crippen molar-refractivity contribution in [2.45, 2.75) is 33.2 Å². The van der Waals surface area contributed by atoms with E-state index in [1.807, 2.05) is 29.5 Å². The fourth-order valence-corrected chi connectivity index (χ4v) is 3.76. The molecule has 0 aliphatic carbocycles. The van der Waals surface area contributed by atoms with Gasteiger partial charge in [-0.2, -0.15) is 0 Å². The number of hydrogen-bond donors (Lipinski definition) is 1. The van der Waals surface area contributed by atoms with Gasteiger partial charge in [0.15, 0.2) is 0 Å². The van der Waals surface area contributed by atoms with Crippen LogP contribution >= 0.6 is 11.3 Å². The van der Waals surface area contributed by atoms with Crippen molar-refractivity contribution < 1.29 is 4.79 Å². The van der Waals surface area contributed by atoms with Crippen LogP contribution in [0.25, 0.3) is 0 Å². The van der Waals surface area contributed by atoms with E-state index in [2.05, 4.69) is 38.2 Å². The van der Waals surface area contributed by atoms with Crippen LogP contribution in [0, 0.1) is 13.8 Å². The molecule has 0 bridgehead atoms. The zero-order chi connectivity index (χ0) is 17.0. The maximum atomic E-state index is 12.0. The Morgan fingerprint density at radius 3 is 2.61 bits per heavy atom. The SMILES string of the molecule is Cc1cc([C@H](C)NCCc2cccc(C(=O)N(C)C)c2)c(C)s1. The van der Waals surface area contributed by atoms with E-state index in [0.29, 0.717) is 6.04 Å². The fourth-order valence-electron chi connectivity index (χ4n) is 2.74. The molecule has 0 aliphatic heterocycles. The van der Waals surface area contributed by atoms with Crippen molar-refractivity contribution >= 4 is 17.2 Å². The Bertz CT molecular complexity index is 676. The summed E-state index contributed by atoms with van der Waals surface area (Å²) in [6.45, 7) is 7.44. The third kappa shape index (κ3) is 4.66. The molecule has 3 nitrogen and oxygen atoms in total. The largest absolute Gasteiger partial charge is 0.345 e. The van der Waals surface area contributed by atoms with Crippen LogP contribution < -0.4 is 5.32 Å². The van der Waals surface area contributed by atoms with Crippen LogP contribution in [0.3, 0.4) is 0 Å². The Labute approximate surface area is 143 Å². The molecule has 23 heavy (non-hydrogen) atoms. The van der Waals surface area contributed by atoms with Crippen molar-refractivity contribution in [2.75, 3.05) is 20.6 Å². The van der Waals surface area contributed by atoms with Crippen LogP contribution in [0.5, 0.6) is 0 Å². The number of carbonyl (C=O) groups excluding carboxylic acids is 1. The van der Waals surface area contributed by atoms with Crippen molar-refractivity contribution in [3.05, 3.63) is 56.8 Å². The van der Waals surface area contributed by atoms with Gasteiger partial charge in [-0.1, -0.05) is 12.1 Å². The van der Waals surface area contributed by atoms with Crippen molar-refractivity contribution in [3.8, 4) is 0 Å². The second-order valence-electron chi connectivity index (χ2n) is 6.19. The van der Waals surface area contributed by atoms with Gasteiger partial charge in [-0.25, -0.2) is 0 Å². The monoisotopic (exact) mass is 330 g/mol. The van der Waals surface area contributed by atoms with Gasteiger partial charge in [-0.3, -0.25) is 4.79 Å². The molecule has 1 N–H and O–H groups in total. The van der Waals surface area contributed by atoms with E-state index in [0.717, 1.165) is 18.5 Å². The van der Waals surface area contributed by atoms with Crippen molar-refractivity contribution in [3.63, 3.8) is 0 Å². The number of thiophene rings is 1. The Hall–Kier alpha value is -1.65. The summed E-state index contributed by atoms with van der Waals surface area (Å²) in [6.07, 6.45) is 0.918. The standard InChI is InChI=1S/C19H26N2OS/c1-13-11-18(15(3)23-13)14(2)20-10-9-16-7-6-8-17(12-16)19(22)21(4)5/h6-8,11-12,14,20H,9-10H2,1-5H3/t14-/m0/s1. The quantitative estimate of drug-likeness (QED) is 0.869. The summed E-state index contributed by atoms with van der Waals surface area (Å²) in [4.78, 5) is 16.4. The van der Waals surface area contributed by atoms with Gasteiger partial charge in [0.2, 0.25) is 0 Å². The first-order valence-electron chi connectivity index (χ1n) is 7.99. The van der Waals surface area contributed by atoms with E-state index in [9.17, 15) is 4.79 Å². The zero-order valence-electron chi connectivity index (χ0n) is 14.6. The van der Waals surface area contributed by atoms with Crippen LogP contribution in [-0.2, 0) is 6.42 Å². The third-order valence-electron chi connectivity index (χ3n) is 3.99. The highest BCUT2D eigenvalue weighted by molar-refractivity contribution is 7.12. The van der Waals surface area contributed by atoms with Crippen molar-refractivity contribution in [2.24, 2.45) is 0 Å². The van der Waals surface area contributed by atoms with Crippen LogP contribution in [0.2, 0.25) is 0 Å². The van der Waals surface area contributed by atoms with E-state index >= 15 is 0 Å². The molecule has 0 saturated heterocycles. The molecule has 1 aromatic carbocycles. The highest BCUT2D eigenvalue weighted by atomic mass is 32.1. The first-order chi connectivity index (χ1) is 10.9. The lowest BCUT2D eigenvalue weighted by atomic mass is 10.1. The van der Waals surface area contributed by atoms with Gasteiger partial charge >= 0.3 is 0 Å². The van der Waals surface area contributed by atoms with Crippen LogP contribution in [-0.4, -0.2) is 31.4 Å². The number of benzene rings is 1. The van der Waals surface area contributed by atoms with E-state index in [1.54, 1.807) is 19.0 Å². The number of nitrogens with one attached hydrogen (secondary N) is 1. The Kier molecular flexibility index (Phi) is 5.97. The first-order valence-corrected chi connectivity index (χ1v) is 8.81. The first kappa shape index (κ1) is 17.7. The molecule has 124 valence electrons. The minimum absolute atomic E-state index is 0.0533. The second kappa shape index (κ2) is 7.75. The molecule has 0 unspecified atom stereocenters. The summed E-state index contributed by atoms with van der Waals surface area (Å²) in [5.74, 6) is 0.0533. The molecule has 2 rings (SSSR count). The lowest BCUT2D eigenvalue weighted by molar-refractivity contribution is 0.0827. The van der Waals surface area contributed by atoms with Crippen LogP contribution in [0.15, 0.2) is 30.3 Å². The summed E-state index contributed by atoms with van der Waals surface area (Å²) >= 11 is 1.85. The zero-order valence-corrected chi connectivity index (χ0v) is 15.5. The molecular formula is C19H26N2OS. The number of nitrogens with zero attached hydrogens (tertiary/aromatic N) is 1. The highest BCUT2D eigenvalue weighted by Crippen LogP contribution is 2.26. The smallest absolute Gasteiger partial charge is 0.253 e. The minimum Gasteiger partial charge on any atom is -0.345 e. The van der Waals surface area contributed by atoms with Crippen molar-refractivity contribution in [1.82, 2.24) is 10.2 Å². The number of carbonyl (C=O) groups is 1. The second-order valence-corrected chi connectivity index (χ2v) is 7.65. The molecule has 4 heteroatoms. The summed E-state index contributed by atoms with van der Waals surface area (Å²) in [5, 5.41) is 3.58. The third-order valence-corrected chi connectivity index (χ3v) is 4.97. The van der Waals surface area contributed by atoms with Crippen LogP contribution in [0.4, 0.5) is 0 Å². The Morgan fingerprint density at radius 1 is 1.26 bits per heavy atom. The molecule has 0 fully saturated rings. The normalized spacial score (nSPS) is 12.2. The molecule has 0 saturated carbocycles. The summed E-state index contributed by atoms with van der Waals surface area (Å²) in [5.41, 5.74) is 3.34. The predicted molar refractivity (Wildman–Crippen MR) is 98.4 cm³/mol. The summed E-state index contributed by atoms with van der Waals surface area (Å²) in [7, 11) is 3.56. The van der Waals surface area contributed by atoms with Gasteiger partial charge in [0.05, 0.1) is 0 Å². The fraction of sp³-hybridized carbons (Fsp3) is 0.421. The van der Waals surface area contributed by atoms with Crippen LogP contribution in [0.1, 0.15) is 44.2 Å². The Balaban J connectivity index is 1.92. The molecular weight excluding hydrogens is 304 g/mol. The number of aryl methyl sites for hydroxylation is 2. The van der Waals surface area contributed by atoms with Gasteiger partial charge in [0.25, 0.3) is 5.91 Å². The van der Waals surface area contributed by atoms with Crippen molar-refractivity contribution in [1.29, 1.82) is 0 Å². The van der Waals surface area contributed by atoms with Gasteiger partial charge in [0, 0.05) is 35.5 Å². The van der Waals surface area contributed by atoms with Gasteiger partial charge in [0.1, 0.15) is 0 Å². The maximum Gasteiger partial charge on any atom is 0.253 e. The predicted octanol–water partition coefficient (Wildman–Crippen LogP) is 3.96. The molecule has 1 atom stereocenters. The topological polar surface area (TPSA) is 32.3 Å². The molecule has 0 aliphatic rings. The van der Waals surface area contributed by atoms with Gasteiger partial charge < -0.3 is 10.2 Å². The minimum atomic E-state index is 0.0533. The summed E-state index contributed by atoms with van der Waals surface area (Å²) in [6, 6.07) is 10.5. The highest BCUT2D eigenvalue weighted by Gasteiger charge is 2.11.